The Morgan fingerprint density at radius 1 is 1.65 bits per heavy atom. The van der Waals surface area contributed by atoms with Gasteiger partial charge < -0.3 is 9.74 Å². The summed E-state index contributed by atoms with van der Waals surface area (Å²) >= 11 is 6.64. The van der Waals surface area contributed by atoms with Gasteiger partial charge in [-0.1, -0.05) is 5.16 Å². The summed E-state index contributed by atoms with van der Waals surface area (Å²) in [6, 6.07) is 0. The van der Waals surface area contributed by atoms with Crippen LogP contribution < -0.4 is 0 Å². The van der Waals surface area contributed by atoms with E-state index in [0.717, 1.165) is 0 Å². The van der Waals surface area contributed by atoms with Crippen molar-refractivity contribution < 1.29 is 9.63 Å². The number of oxime groups is 1. The van der Waals surface area contributed by atoms with Crippen molar-refractivity contribution in [2.75, 3.05) is 21.2 Å². The summed E-state index contributed by atoms with van der Waals surface area (Å²) in [6.45, 7) is 0. The Hall–Kier alpha value is -1.47. The van der Waals surface area contributed by atoms with Gasteiger partial charge >= 0.3 is 0 Å². The summed E-state index contributed by atoms with van der Waals surface area (Å²) in [5.41, 5.74) is 0.319. The molecule has 0 unspecified atom stereocenters. The van der Waals surface area contributed by atoms with Gasteiger partial charge in [-0.2, -0.15) is 0 Å². The van der Waals surface area contributed by atoms with Crippen LogP contribution in [0.5, 0.6) is 0 Å². The Morgan fingerprint density at radius 3 is 2.88 bits per heavy atom. The fourth-order valence-corrected chi connectivity index (χ4v) is 1.64. The summed E-state index contributed by atoms with van der Waals surface area (Å²) in [6.07, 6.45) is 1.61. The van der Waals surface area contributed by atoms with Crippen LogP contribution in [0.1, 0.15) is 5.69 Å². The van der Waals surface area contributed by atoms with Crippen LogP contribution in [0.2, 0.25) is 0 Å². The van der Waals surface area contributed by atoms with Gasteiger partial charge in [-0.05, 0) is 11.6 Å². The van der Waals surface area contributed by atoms with Crippen LogP contribution in [-0.4, -0.2) is 48.4 Å². The summed E-state index contributed by atoms with van der Waals surface area (Å²) in [5.74, 6) is 0. The topological polar surface area (TPSA) is 67.2 Å². The van der Waals surface area contributed by atoms with E-state index in [1.807, 2.05) is 14.1 Å². The quantitative estimate of drug-likeness (QED) is 0.353. The molecule has 0 aliphatic carbocycles. The average Bonchev–Trinajstić information content (AvgIpc) is 2.71. The van der Waals surface area contributed by atoms with Crippen molar-refractivity contribution in [2.24, 2.45) is 10.1 Å². The Morgan fingerprint density at radius 2 is 2.35 bits per heavy atom. The number of hydrogen-bond acceptors (Lipinski definition) is 6. The lowest BCUT2D eigenvalue weighted by Crippen LogP contribution is -2.10. The molecular formula is C9H11ClN4O2S. The predicted molar refractivity (Wildman–Crippen MR) is 68.4 cm³/mol. The minimum Gasteiger partial charge on any atom is -0.398 e. The second kappa shape index (κ2) is 6.31. The van der Waals surface area contributed by atoms with E-state index in [2.05, 4.69) is 20.0 Å². The Bertz CT molecular complexity index is 456. The first-order valence-corrected chi connectivity index (χ1v) is 5.78. The number of rotatable bonds is 5. The Kier molecular flexibility index (Phi) is 5.05. The molecular weight excluding hydrogens is 264 g/mol. The van der Waals surface area contributed by atoms with E-state index in [0.29, 0.717) is 10.8 Å². The van der Waals surface area contributed by atoms with E-state index >= 15 is 0 Å². The number of aliphatic imine (C=N–C) groups is 1. The third kappa shape index (κ3) is 4.12. The van der Waals surface area contributed by atoms with Gasteiger partial charge in [-0.15, -0.1) is 11.3 Å². The molecule has 0 saturated heterocycles. The van der Waals surface area contributed by atoms with Crippen molar-refractivity contribution in [1.29, 1.82) is 0 Å². The highest BCUT2D eigenvalue weighted by Gasteiger charge is 2.16. The molecule has 0 N–H and O–H groups in total. The summed E-state index contributed by atoms with van der Waals surface area (Å²) in [7, 11) is 5.02. The summed E-state index contributed by atoms with van der Waals surface area (Å²) < 4.78 is 0. The lowest BCUT2D eigenvalue weighted by Gasteiger charge is -1.99. The van der Waals surface area contributed by atoms with Gasteiger partial charge in [0.1, 0.15) is 12.8 Å². The van der Waals surface area contributed by atoms with Crippen molar-refractivity contribution >= 4 is 45.4 Å². The fraction of sp³-hybridized carbons (Fsp3) is 0.333. The van der Waals surface area contributed by atoms with Crippen LogP contribution >= 0.6 is 22.9 Å². The van der Waals surface area contributed by atoms with Gasteiger partial charge in [-0.3, -0.25) is 4.79 Å². The first-order valence-electron chi connectivity index (χ1n) is 4.52. The molecule has 0 atom stereocenters. The summed E-state index contributed by atoms with van der Waals surface area (Å²) in [5, 5.41) is 4.95. The van der Waals surface area contributed by atoms with E-state index in [1.54, 1.807) is 16.6 Å². The SMILES string of the molecule is CO/N=C(/C(=O)Cl)c1csc(N=CN(C)C)n1. The summed E-state index contributed by atoms with van der Waals surface area (Å²) in [4.78, 5) is 25.6. The molecule has 6 nitrogen and oxygen atoms in total. The lowest BCUT2D eigenvalue weighted by atomic mass is 10.3. The van der Waals surface area contributed by atoms with E-state index < -0.39 is 5.24 Å². The minimum absolute atomic E-state index is 0.0308. The molecule has 17 heavy (non-hydrogen) atoms. The zero-order valence-corrected chi connectivity index (χ0v) is 11.1. The van der Waals surface area contributed by atoms with Gasteiger partial charge in [0.2, 0.25) is 5.13 Å². The molecule has 0 radical (unpaired) electrons. The number of carbonyl (C=O) groups is 1. The molecule has 0 aliphatic rings. The molecule has 1 heterocycles. The van der Waals surface area contributed by atoms with Crippen LogP contribution in [0.25, 0.3) is 0 Å². The third-order valence-electron chi connectivity index (χ3n) is 1.50. The van der Waals surface area contributed by atoms with Gasteiger partial charge in [0.25, 0.3) is 5.24 Å². The standard InChI is InChI=1S/C9H11ClN4O2S/c1-14(2)5-11-9-12-6(4-17-9)7(8(10)15)13-16-3/h4-5H,1-3H3/b11-5?,13-7+. The fourth-order valence-electron chi connectivity index (χ4n) is 0.872. The second-order valence-corrected chi connectivity index (χ2v) is 4.30. The number of aromatic nitrogens is 1. The largest absolute Gasteiger partial charge is 0.398 e. The molecule has 0 fully saturated rings. The van der Waals surface area contributed by atoms with Gasteiger partial charge in [-0.25, -0.2) is 9.98 Å². The Labute approximate surface area is 108 Å². The number of thiazole rings is 1. The molecule has 0 saturated carbocycles. The molecule has 1 aromatic heterocycles. The Balaban J connectivity index is 2.93. The second-order valence-electron chi connectivity index (χ2n) is 3.12. The van der Waals surface area contributed by atoms with Crippen LogP contribution in [0, 0.1) is 0 Å². The van der Waals surface area contributed by atoms with E-state index in [9.17, 15) is 4.79 Å². The number of carbonyl (C=O) groups excluding carboxylic acids is 1. The number of halogens is 1. The smallest absolute Gasteiger partial charge is 0.276 e. The first-order chi connectivity index (χ1) is 8.04. The molecule has 0 bridgehead atoms. The lowest BCUT2D eigenvalue weighted by molar-refractivity contribution is -0.106. The van der Waals surface area contributed by atoms with Crippen LogP contribution in [0.3, 0.4) is 0 Å². The van der Waals surface area contributed by atoms with E-state index in [1.165, 1.54) is 18.4 Å². The molecule has 8 heteroatoms. The van der Waals surface area contributed by atoms with Crippen LogP contribution in [-0.2, 0) is 9.63 Å². The van der Waals surface area contributed by atoms with Gasteiger partial charge in [0.15, 0.2) is 5.71 Å². The van der Waals surface area contributed by atoms with Crippen LogP contribution in [0.4, 0.5) is 5.13 Å². The van der Waals surface area contributed by atoms with Crippen molar-refractivity contribution in [1.82, 2.24) is 9.88 Å². The normalized spacial score (nSPS) is 11.9. The van der Waals surface area contributed by atoms with E-state index in [4.69, 9.17) is 11.6 Å². The van der Waals surface area contributed by atoms with Crippen LogP contribution in [0.15, 0.2) is 15.5 Å². The molecule has 92 valence electrons. The van der Waals surface area contributed by atoms with Crippen molar-refractivity contribution in [3.8, 4) is 0 Å². The molecule has 1 rings (SSSR count). The predicted octanol–water partition coefficient (Wildman–Crippen LogP) is 1.48. The average molecular weight is 275 g/mol. The zero-order valence-electron chi connectivity index (χ0n) is 9.55. The monoisotopic (exact) mass is 274 g/mol. The zero-order chi connectivity index (χ0) is 12.8. The van der Waals surface area contributed by atoms with Gasteiger partial charge in [0.05, 0.1) is 6.34 Å². The maximum absolute atomic E-state index is 11.1. The third-order valence-corrected chi connectivity index (χ3v) is 2.43. The van der Waals surface area contributed by atoms with E-state index in [-0.39, 0.29) is 5.71 Å². The van der Waals surface area contributed by atoms with Crippen molar-refractivity contribution in [3.05, 3.63) is 11.1 Å². The highest BCUT2D eigenvalue weighted by atomic mass is 35.5. The minimum atomic E-state index is -0.722. The van der Waals surface area contributed by atoms with Gasteiger partial charge in [0, 0.05) is 19.5 Å². The van der Waals surface area contributed by atoms with Crippen molar-refractivity contribution in [3.63, 3.8) is 0 Å². The molecule has 0 spiro atoms. The molecule has 0 amide bonds. The molecule has 0 aliphatic heterocycles. The number of hydrogen-bond donors (Lipinski definition) is 0. The number of nitrogens with zero attached hydrogens (tertiary/aromatic N) is 4. The van der Waals surface area contributed by atoms with Crippen molar-refractivity contribution in [2.45, 2.75) is 0 Å². The highest BCUT2D eigenvalue weighted by molar-refractivity contribution is 7.13. The molecule has 1 aromatic rings. The first kappa shape index (κ1) is 13.6. The molecule has 0 aromatic carbocycles. The maximum Gasteiger partial charge on any atom is 0.276 e. The highest BCUT2D eigenvalue weighted by Crippen LogP contribution is 2.19. The maximum atomic E-state index is 11.1.